The summed E-state index contributed by atoms with van der Waals surface area (Å²) in [6, 6.07) is 0. The fourth-order valence-electron chi connectivity index (χ4n) is 0.571. The molecule has 1 aliphatic rings. The molecule has 1 aliphatic heterocycles. The topological polar surface area (TPSA) is 12.4 Å². The summed E-state index contributed by atoms with van der Waals surface area (Å²) in [4.78, 5) is 3.96. The Bertz CT molecular complexity index is 153. The first-order chi connectivity index (χ1) is 4.50. The van der Waals surface area contributed by atoms with Crippen molar-refractivity contribution in [1.82, 2.24) is 0 Å². The third kappa shape index (κ3) is 2.65. The van der Waals surface area contributed by atoms with Crippen molar-refractivity contribution >= 4 is 6.21 Å². The minimum atomic E-state index is 0.974. The predicted molar refractivity (Wildman–Crippen MR) is 40.5 cm³/mol. The Morgan fingerprint density at radius 1 is 1.00 bits per heavy atom. The van der Waals surface area contributed by atoms with Crippen molar-refractivity contribution in [2.24, 2.45) is 4.99 Å². The van der Waals surface area contributed by atoms with E-state index in [1.165, 1.54) is 0 Å². The van der Waals surface area contributed by atoms with Crippen LogP contribution in [0.4, 0.5) is 0 Å². The standard InChI is InChI=1S/C8H9N/c1-2-4-6-8-9-7-5-3-1/h1-3,5-8H,4H2/b2-1?,5-3?,8-6-,9-7?. The number of allylic oxidation sites excluding steroid dienone is 5. The van der Waals surface area contributed by atoms with E-state index in [2.05, 4.69) is 11.1 Å². The van der Waals surface area contributed by atoms with E-state index >= 15 is 0 Å². The van der Waals surface area contributed by atoms with Crippen LogP contribution in [0, 0.1) is 0 Å². The van der Waals surface area contributed by atoms with Gasteiger partial charge in [-0.3, -0.25) is 4.99 Å². The molecule has 0 unspecified atom stereocenters. The third-order valence-electron chi connectivity index (χ3n) is 0.994. The molecular weight excluding hydrogens is 110 g/mol. The molecule has 0 radical (unpaired) electrons. The highest BCUT2D eigenvalue weighted by atomic mass is 14.6. The van der Waals surface area contributed by atoms with Gasteiger partial charge < -0.3 is 0 Å². The van der Waals surface area contributed by atoms with E-state index < -0.39 is 0 Å². The molecule has 0 N–H and O–H groups in total. The van der Waals surface area contributed by atoms with Gasteiger partial charge in [-0.15, -0.1) is 0 Å². The first-order valence-corrected chi connectivity index (χ1v) is 3.00. The molecule has 1 heterocycles. The Morgan fingerprint density at radius 2 is 2.00 bits per heavy atom. The molecule has 0 saturated carbocycles. The molecular formula is C8H9N. The highest BCUT2D eigenvalue weighted by molar-refractivity contribution is 5.72. The van der Waals surface area contributed by atoms with Gasteiger partial charge in [0.2, 0.25) is 0 Å². The molecule has 1 rings (SSSR count). The third-order valence-corrected chi connectivity index (χ3v) is 0.994. The van der Waals surface area contributed by atoms with Gasteiger partial charge in [-0.2, -0.15) is 0 Å². The van der Waals surface area contributed by atoms with Crippen molar-refractivity contribution < 1.29 is 0 Å². The lowest BCUT2D eigenvalue weighted by molar-refractivity contribution is 1.37. The quantitative estimate of drug-likeness (QED) is 0.463. The second-order valence-electron chi connectivity index (χ2n) is 1.73. The van der Waals surface area contributed by atoms with E-state index in [-0.39, 0.29) is 0 Å². The second-order valence-corrected chi connectivity index (χ2v) is 1.73. The van der Waals surface area contributed by atoms with E-state index in [1.54, 1.807) is 12.4 Å². The minimum absolute atomic E-state index is 0.974. The SMILES string of the molecule is C1=CC=N/C=C\CC=C1. The molecule has 1 heteroatoms. The fraction of sp³-hybridized carbons (Fsp3) is 0.125. The van der Waals surface area contributed by atoms with E-state index in [4.69, 9.17) is 0 Å². The van der Waals surface area contributed by atoms with Crippen LogP contribution in [0.5, 0.6) is 0 Å². The number of hydrogen-bond donors (Lipinski definition) is 0. The molecule has 0 spiro atoms. The van der Waals surface area contributed by atoms with Gasteiger partial charge in [-0.05, 0) is 12.5 Å². The molecule has 0 atom stereocenters. The van der Waals surface area contributed by atoms with Crippen LogP contribution in [0.1, 0.15) is 6.42 Å². The van der Waals surface area contributed by atoms with Crippen LogP contribution in [0.15, 0.2) is 41.6 Å². The lowest BCUT2D eigenvalue weighted by atomic mass is 10.3. The minimum Gasteiger partial charge on any atom is -0.265 e. The lowest BCUT2D eigenvalue weighted by Gasteiger charge is -1.74. The average Bonchev–Trinajstić information content (AvgIpc) is 2.00. The Hall–Kier alpha value is -1.11. The molecule has 0 amide bonds. The molecule has 0 aromatic rings. The first kappa shape index (κ1) is 6.02. The molecule has 1 nitrogen and oxygen atoms in total. The smallest absolute Gasteiger partial charge is 0.0267 e. The largest absolute Gasteiger partial charge is 0.265 e. The van der Waals surface area contributed by atoms with Gasteiger partial charge in [0.15, 0.2) is 0 Å². The van der Waals surface area contributed by atoms with Gasteiger partial charge in [0.1, 0.15) is 0 Å². The first-order valence-electron chi connectivity index (χ1n) is 3.00. The zero-order valence-corrected chi connectivity index (χ0v) is 5.20. The van der Waals surface area contributed by atoms with E-state index in [1.807, 2.05) is 24.3 Å². The van der Waals surface area contributed by atoms with Gasteiger partial charge >= 0.3 is 0 Å². The number of nitrogens with zero attached hydrogens (tertiary/aromatic N) is 1. The number of aliphatic imine (C=N–C) groups is 1. The van der Waals surface area contributed by atoms with E-state index in [9.17, 15) is 0 Å². The van der Waals surface area contributed by atoms with Gasteiger partial charge in [0, 0.05) is 12.4 Å². The summed E-state index contributed by atoms with van der Waals surface area (Å²) in [5.41, 5.74) is 0. The highest BCUT2D eigenvalue weighted by Crippen LogP contribution is 1.89. The molecule has 0 aromatic carbocycles. The van der Waals surface area contributed by atoms with Crippen molar-refractivity contribution in [1.29, 1.82) is 0 Å². The maximum absolute atomic E-state index is 3.96. The fourth-order valence-corrected chi connectivity index (χ4v) is 0.571. The Labute approximate surface area is 55.1 Å². The van der Waals surface area contributed by atoms with Crippen molar-refractivity contribution in [2.75, 3.05) is 0 Å². The van der Waals surface area contributed by atoms with Gasteiger partial charge in [-0.1, -0.05) is 24.3 Å². The summed E-state index contributed by atoms with van der Waals surface area (Å²) < 4.78 is 0. The van der Waals surface area contributed by atoms with E-state index in [0.29, 0.717) is 0 Å². The summed E-state index contributed by atoms with van der Waals surface area (Å²) in [5.74, 6) is 0. The average molecular weight is 119 g/mol. The molecule has 0 saturated heterocycles. The normalized spacial score (nSPS) is 20.4. The number of rotatable bonds is 0. The summed E-state index contributed by atoms with van der Waals surface area (Å²) in [5, 5.41) is 0. The molecule has 0 aliphatic carbocycles. The zero-order valence-electron chi connectivity index (χ0n) is 5.20. The maximum Gasteiger partial charge on any atom is 0.0267 e. The van der Waals surface area contributed by atoms with Crippen LogP contribution < -0.4 is 0 Å². The van der Waals surface area contributed by atoms with Crippen LogP contribution in [-0.2, 0) is 0 Å². The Morgan fingerprint density at radius 3 is 3.00 bits per heavy atom. The van der Waals surface area contributed by atoms with Crippen molar-refractivity contribution in [3.63, 3.8) is 0 Å². The highest BCUT2D eigenvalue weighted by Gasteiger charge is 1.70. The molecule has 0 bridgehead atoms. The zero-order chi connectivity index (χ0) is 6.36. The van der Waals surface area contributed by atoms with Crippen molar-refractivity contribution in [2.45, 2.75) is 6.42 Å². The summed E-state index contributed by atoms with van der Waals surface area (Å²) in [6.45, 7) is 0. The monoisotopic (exact) mass is 119 g/mol. The van der Waals surface area contributed by atoms with Crippen molar-refractivity contribution in [3.8, 4) is 0 Å². The Kier molecular flexibility index (Phi) is 2.57. The van der Waals surface area contributed by atoms with Crippen molar-refractivity contribution in [3.05, 3.63) is 36.6 Å². The number of hydrogen-bond acceptors (Lipinski definition) is 1. The summed E-state index contributed by atoms with van der Waals surface area (Å²) in [6.07, 6.45) is 14.5. The maximum atomic E-state index is 3.96. The molecule has 46 valence electrons. The molecule has 0 fully saturated rings. The van der Waals surface area contributed by atoms with Gasteiger partial charge in [0.05, 0.1) is 0 Å². The summed E-state index contributed by atoms with van der Waals surface area (Å²) in [7, 11) is 0. The van der Waals surface area contributed by atoms with Crippen LogP contribution in [-0.4, -0.2) is 6.21 Å². The van der Waals surface area contributed by atoms with Gasteiger partial charge in [0.25, 0.3) is 0 Å². The predicted octanol–water partition coefficient (Wildman–Crippen LogP) is 2.09. The van der Waals surface area contributed by atoms with Crippen LogP contribution in [0.2, 0.25) is 0 Å². The Balaban J connectivity index is 2.60. The van der Waals surface area contributed by atoms with Crippen LogP contribution in [0.25, 0.3) is 0 Å². The molecule has 0 aromatic heterocycles. The molecule has 9 heavy (non-hydrogen) atoms. The lowest BCUT2D eigenvalue weighted by Crippen LogP contribution is -1.57. The summed E-state index contributed by atoms with van der Waals surface area (Å²) >= 11 is 0. The van der Waals surface area contributed by atoms with Crippen LogP contribution in [0.3, 0.4) is 0 Å². The second kappa shape index (κ2) is 3.84. The van der Waals surface area contributed by atoms with E-state index in [0.717, 1.165) is 6.42 Å². The van der Waals surface area contributed by atoms with Crippen LogP contribution >= 0.6 is 0 Å². The van der Waals surface area contributed by atoms with Gasteiger partial charge in [-0.25, -0.2) is 0 Å².